The van der Waals surface area contributed by atoms with Gasteiger partial charge in [0.25, 0.3) is 0 Å². The second-order valence-corrected chi connectivity index (χ2v) is 19.5. The third kappa shape index (κ3) is 57.0. The second kappa shape index (κ2) is 59.6. The Morgan fingerprint density at radius 2 is 0.542 bits per heavy atom. The number of esters is 3. The number of hydrogen-bond acceptors (Lipinski definition) is 6. The van der Waals surface area contributed by atoms with Crippen LogP contribution in [-0.4, -0.2) is 37.2 Å². The quantitative estimate of drug-likeness (QED) is 0.0261. The molecule has 0 radical (unpaired) electrons. The van der Waals surface area contributed by atoms with Crippen LogP contribution in [-0.2, 0) is 28.6 Å². The predicted octanol–water partition coefficient (Wildman–Crippen LogP) is 20.3. The van der Waals surface area contributed by atoms with Gasteiger partial charge in [0.2, 0.25) is 0 Å². The molecule has 1 unspecified atom stereocenters. The number of rotatable bonds is 53. The van der Waals surface area contributed by atoms with Crippen molar-refractivity contribution in [1.29, 1.82) is 0 Å². The first-order chi connectivity index (χ1) is 35.5. The van der Waals surface area contributed by atoms with Gasteiger partial charge in [0.1, 0.15) is 13.2 Å². The molecule has 0 saturated heterocycles. The molecule has 0 N–H and O–H groups in total. The Morgan fingerprint density at radius 3 is 0.847 bits per heavy atom. The Bertz CT molecular complexity index is 1470. The summed E-state index contributed by atoms with van der Waals surface area (Å²) in [7, 11) is 0. The van der Waals surface area contributed by atoms with E-state index in [-0.39, 0.29) is 31.1 Å². The predicted molar refractivity (Wildman–Crippen MR) is 311 cm³/mol. The fourth-order valence-corrected chi connectivity index (χ4v) is 8.11. The standard InChI is InChI=1S/C66H110O6/c1-4-7-10-13-16-19-22-25-28-30-31-32-33-34-35-37-38-41-44-47-50-53-56-59-65(68)71-62-63(61-70-64(67)58-55-52-49-46-43-40-27-24-21-18-15-12-9-6-3)72-66(69)60-57-54-51-48-45-42-39-36-29-26-23-20-17-14-11-8-5-2/h7-8,10-11,16-17,19-20,25-26,28-29,31-32,34-35,39,42,63H,4-6,9,12-15,18,21-24,27,30,33,36-38,40-41,43-62H2,1-3H3/b10-7-,11-8-,19-16-,20-17-,28-25-,29-26-,32-31-,35-34-,42-39-. The van der Waals surface area contributed by atoms with Crippen LogP contribution in [0.1, 0.15) is 271 Å². The van der Waals surface area contributed by atoms with Crippen molar-refractivity contribution >= 4 is 17.9 Å². The zero-order valence-corrected chi connectivity index (χ0v) is 46.9. The van der Waals surface area contributed by atoms with Crippen LogP contribution < -0.4 is 0 Å². The van der Waals surface area contributed by atoms with Crippen LogP contribution in [0.15, 0.2) is 109 Å². The number of unbranched alkanes of at least 4 members (excludes halogenated alkanes) is 24. The fourth-order valence-electron chi connectivity index (χ4n) is 8.11. The molecule has 0 aliphatic rings. The van der Waals surface area contributed by atoms with E-state index in [1.54, 1.807) is 0 Å². The highest BCUT2D eigenvalue weighted by molar-refractivity contribution is 5.71. The largest absolute Gasteiger partial charge is 0.462 e. The Kier molecular flexibility index (Phi) is 56.4. The van der Waals surface area contributed by atoms with Crippen molar-refractivity contribution in [3.05, 3.63) is 109 Å². The van der Waals surface area contributed by atoms with Crippen LogP contribution in [0, 0.1) is 0 Å². The highest BCUT2D eigenvalue weighted by atomic mass is 16.6. The molecule has 0 fully saturated rings. The third-order valence-electron chi connectivity index (χ3n) is 12.5. The first-order valence-corrected chi connectivity index (χ1v) is 29.9. The van der Waals surface area contributed by atoms with Crippen LogP contribution >= 0.6 is 0 Å². The maximum Gasteiger partial charge on any atom is 0.306 e. The van der Waals surface area contributed by atoms with E-state index in [1.807, 2.05) is 0 Å². The van der Waals surface area contributed by atoms with Crippen molar-refractivity contribution in [1.82, 2.24) is 0 Å². The molecule has 1 atom stereocenters. The molecule has 0 aromatic rings. The van der Waals surface area contributed by atoms with Crippen LogP contribution in [0.2, 0.25) is 0 Å². The minimum Gasteiger partial charge on any atom is -0.462 e. The van der Waals surface area contributed by atoms with Gasteiger partial charge in [-0.25, -0.2) is 0 Å². The minimum atomic E-state index is -0.797. The maximum absolute atomic E-state index is 12.9. The molecular formula is C66H110O6. The fraction of sp³-hybridized carbons (Fsp3) is 0.682. The summed E-state index contributed by atoms with van der Waals surface area (Å²) in [5.41, 5.74) is 0. The summed E-state index contributed by atoms with van der Waals surface area (Å²) in [4.78, 5) is 38.2. The molecule has 0 saturated carbocycles. The van der Waals surface area contributed by atoms with Crippen molar-refractivity contribution in [2.75, 3.05) is 13.2 Å². The molecule has 0 spiro atoms. The molecule has 0 aliphatic heterocycles. The van der Waals surface area contributed by atoms with E-state index in [1.165, 1.54) is 96.3 Å². The Labute approximate surface area is 444 Å². The molecule has 0 aliphatic carbocycles. The van der Waals surface area contributed by atoms with Gasteiger partial charge in [-0.05, 0) is 103 Å². The van der Waals surface area contributed by atoms with E-state index < -0.39 is 6.10 Å². The third-order valence-corrected chi connectivity index (χ3v) is 12.5. The number of carbonyl (C=O) groups excluding carboxylic acids is 3. The Balaban J connectivity index is 4.42. The number of carbonyl (C=O) groups is 3. The molecular weight excluding hydrogens is 889 g/mol. The lowest BCUT2D eigenvalue weighted by Crippen LogP contribution is -2.30. The lowest BCUT2D eigenvalue weighted by molar-refractivity contribution is -0.167. The summed E-state index contributed by atoms with van der Waals surface area (Å²) in [6.45, 7) is 6.40. The van der Waals surface area contributed by atoms with Crippen molar-refractivity contribution in [3.8, 4) is 0 Å². The molecule has 0 rings (SSSR count). The first-order valence-electron chi connectivity index (χ1n) is 29.9. The van der Waals surface area contributed by atoms with E-state index in [4.69, 9.17) is 14.2 Å². The molecule has 6 nitrogen and oxygen atoms in total. The van der Waals surface area contributed by atoms with E-state index in [0.717, 1.165) is 135 Å². The summed E-state index contributed by atoms with van der Waals surface area (Å²) >= 11 is 0. The molecule has 72 heavy (non-hydrogen) atoms. The van der Waals surface area contributed by atoms with E-state index >= 15 is 0 Å². The zero-order chi connectivity index (χ0) is 52.2. The Hall–Kier alpha value is -3.93. The summed E-state index contributed by atoms with van der Waals surface area (Å²) in [5, 5.41) is 0. The summed E-state index contributed by atoms with van der Waals surface area (Å²) in [6, 6.07) is 0. The van der Waals surface area contributed by atoms with Crippen LogP contribution in [0.25, 0.3) is 0 Å². The highest BCUT2D eigenvalue weighted by Crippen LogP contribution is 2.15. The van der Waals surface area contributed by atoms with Gasteiger partial charge < -0.3 is 14.2 Å². The van der Waals surface area contributed by atoms with Gasteiger partial charge in [-0.15, -0.1) is 0 Å². The van der Waals surface area contributed by atoms with Crippen LogP contribution in [0.5, 0.6) is 0 Å². The smallest absolute Gasteiger partial charge is 0.306 e. The van der Waals surface area contributed by atoms with Gasteiger partial charge in [0.15, 0.2) is 6.10 Å². The van der Waals surface area contributed by atoms with Crippen molar-refractivity contribution in [2.24, 2.45) is 0 Å². The first kappa shape index (κ1) is 68.1. The second-order valence-electron chi connectivity index (χ2n) is 19.5. The van der Waals surface area contributed by atoms with Crippen molar-refractivity contribution in [2.45, 2.75) is 277 Å². The average Bonchev–Trinajstić information content (AvgIpc) is 3.38. The van der Waals surface area contributed by atoms with E-state index in [0.29, 0.717) is 19.3 Å². The molecule has 0 heterocycles. The number of ether oxygens (including phenoxy) is 3. The molecule has 0 aromatic heterocycles. The lowest BCUT2D eigenvalue weighted by Gasteiger charge is -2.18. The molecule has 6 heteroatoms. The minimum absolute atomic E-state index is 0.0909. The van der Waals surface area contributed by atoms with Gasteiger partial charge in [-0.3, -0.25) is 14.4 Å². The van der Waals surface area contributed by atoms with Gasteiger partial charge in [-0.2, -0.15) is 0 Å². The average molecular weight is 1000 g/mol. The van der Waals surface area contributed by atoms with Crippen LogP contribution in [0.4, 0.5) is 0 Å². The molecule has 0 aromatic carbocycles. The van der Waals surface area contributed by atoms with Gasteiger partial charge in [0.05, 0.1) is 0 Å². The van der Waals surface area contributed by atoms with E-state index in [2.05, 4.69) is 130 Å². The SMILES string of the molecule is CC/C=C\C/C=C\C/C=C\C/C=C\C/C=C\CCCCCCCCCC(=O)OCC(COC(=O)CCCCCCCCCCCCCCCC)OC(=O)CCCCCC/C=C\C/C=C\C/C=C\C/C=C\CC. The maximum atomic E-state index is 12.9. The zero-order valence-electron chi connectivity index (χ0n) is 46.9. The summed E-state index contributed by atoms with van der Waals surface area (Å²) in [6.07, 6.45) is 80.8. The number of hydrogen-bond donors (Lipinski definition) is 0. The van der Waals surface area contributed by atoms with Crippen LogP contribution in [0.3, 0.4) is 0 Å². The van der Waals surface area contributed by atoms with E-state index in [9.17, 15) is 14.4 Å². The van der Waals surface area contributed by atoms with Gasteiger partial charge in [-0.1, -0.05) is 259 Å². The summed E-state index contributed by atoms with van der Waals surface area (Å²) in [5.74, 6) is -0.922. The number of allylic oxidation sites excluding steroid dienone is 18. The lowest BCUT2D eigenvalue weighted by atomic mass is 10.0. The topological polar surface area (TPSA) is 78.9 Å². The molecule has 410 valence electrons. The van der Waals surface area contributed by atoms with Crippen molar-refractivity contribution in [3.63, 3.8) is 0 Å². The Morgan fingerprint density at radius 1 is 0.292 bits per heavy atom. The van der Waals surface area contributed by atoms with Gasteiger partial charge in [0, 0.05) is 19.3 Å². The summed E-state index contributed by atoms with van der Waals surface area (Å²) < 4.78 is 16.9. The van der Waals surface area contributed by atoms with Gasteiger partial charge >= 0.3 is 17.9 Å². The van der Waals surface area contributed by atoms with Crippen molar-refractivity contribution < 1.29 is 28.6 Å². The molecule has 0 amide bonds. The monoisotopic (exact) mass is 999 g/mol. The highest BCUT2D eigenvalue weighted by Gasteiger charge is 2.19. The molecule has 0 bridgehead atoms. The normalized spacial score (nSPS) is 12.9.